The van der Waals surface area contributed by atoms with E-state index in [1.54, 1.807) is 0 Å². The van der Waals surface area contributed by atoms with Crippen LogP contribution in [0.5, 0.6) is 0 Å². The van der Waals surface area contributed by atoms with Gasteiger partial charge in [0.25, 0.3) is 0 Å². The third-order valence-corrected chi connectivity index (χ3v) is 2.30. The van der Waals surface area contributed by atoms with Gasteiger partial charge in [0, 0.05) is 3.58 Å². The van der Waals surface area contributed by atoms with Crippen LogP contribution in [0.4, 0.5) is 0 Å². The molecular formula is C10H11I. The molecule has 0 atom stereocenters. The van der Waals surface area contributed by atoms with Gasteiger partial charge in [-0.2, -0.15) is 0 Å². The van der Waals surface area contributed by atoms with Crippen LogP contribution >= 0.6 is 22.6 Å². The lowest BCUT2D eigenvalue weighted by Crippen LogP contribution is -1.80. The first-order valence-corrected chi connectivity index (χ1v) is 4.75. The minimum absolute atomic E-state index is 1.10. The molecule has 0 aromatic heterocycles. The summed E-state index contributed by atoms with van der Waals surface area (Å²) in [6, 6.07) is 8.54. The predicted molar refractivity (Wildman–Crippen MR) is 58.9 cm³/mol. The minimum atomic E-state index is 1.10. The highest BCUT2D eigenvalue weighted by Crippen LogP contribution is 2.19. The SMILES string of the molecule is C=C(I)c1ccc(CC)cc1. The molecule has 0 saturated heterocycles. The Hall–Kier alpha value is -0.310. The summed E-state index contributed by atoms with van der Waals surface area (Å²) in [7, 11) is 0. The Kier molecular flexibility index (Phi) is 3.12. The second-order valence-corrected chi connectivity index (χ2v) is 3.76. The zero-order valence-corrected chi connectivity index (χ0v) is 8.76. The molecular weight excluding hydrogens is 247 g/mol. The van der Waals surface area contributed by atoms with Gasteiger partial charge < -0.3 is 0 Å². The second kappa shape index (κ2) is 3.90. The van der Waals surface area contributed by atoms with Gasteiger partial charge in [0.2, 0.25) is 0 Å². The monoisotopic (exact) mass is 258 g/mol. The smallest absolute Gasteiger partial charge is 0.0130 e. The fraction of sp³-hybridized carbons (Fsp3) is 0.200. The van der Waals surface area contributed by atoms with Gasteiger partial charge in [0.05, 0.1) is 0 Å². The van der Waals surface area contributed by atoms with Gasteiger partial charge >= 0.3 is 0 Å². The van der Waals surface area contributed by atoms with Gasteiger partial charge in [-0.3, -0.25) is 0 Å². The number of benzene rings is 1. The lowest BCUT2D eigenvalue weighted by Gasteiger charge is -1.99. The lowest BCUT2D eigenvalue weighted by molar-refractivity contribution is 1.14. The van der Waals surface area contributed by atoms with Crippen molar-refractivity contribution < 1.29 is 0 Å². The Labute approximate surface area is 81.5 Å². The van der Waals surface area contributed by atoms with E-state index in [-0.39, 0.29) is 0 Å². The number of rotatable bonds is 2. The predicted octanol–water partition coefficient (Wildman–Crippen LogP) is 3.65. The molecule has 0 radical (unpaired) electrons. The van der Waals surface area contributed by atoms with Crippen LogP contribution in [0.1, 0.15) is 18.1 Å². The third kappa shape index (κ3) is 2.33. The van der Waals surface area contributed by atoms with Gasteiger partial charge in [-0.15, -0.1) is 0 Å². The molecule has 0 bridgehead atoms. The minimum Gasteiger partial charge on any atom is -0.0850 e. The molecule has 0 N–H and O–H groups in total. The molecule has 58 valence electrons. The fourth-order valence-corrected chi connectivity index (χ4v) is 1.28. The van der Waals surface area contributed by atoms with E-state index in [1.807, 2.05) is 0 Å². The maximum absolute atomic E-state index is 3.87. The summed E-state index contributed by atoms with van der Waals surface area (Å²) in [5.41, 5.74) is 2.61. The van der Waals surface area contributed by atoms with Crippen LogP contribution in [0.15, 0.2) is 30.8 Å². The molecule has 0 heterocycles. The summed E-state index contributed by atoms with van der Waals surface area (Å²) < 4.78 is 1.10. The maximum Gasteiger partial charge on any atom is 0.0130 e. The molecule has 1 aromatic rings. The van der Waals surface area contributed by atoms with Crippen molar-refractivity contribution in [2.24, 2.45) is 0 Å². The van der Waals surface area contributed by atoms with Crippen molar-refractivity contribution in [3.8, 4) is 0 Å². The summed E-state index contributed by atoms with van der Waals surface area (Å²) in [6.07, 6.45) is 1.11. The van der Waals surface area contributed by atoms with Crippen LogP contribution in [-0.2, 0) is 6.42 Å². The normalized spacial score (nSPS) is 9.64. The highest BCUT2D eigenvalue weighted by molar-refractivity contribution is 14.1. The molecule has 0 amide bonds. The first-order chi connectivity index (χ1) is 5.24. The quantitative estimate of drug-likeness (QED) is 0.710. The molecule has 1 aromatic carbocycles. The summed E-state index contributed by atoms with van der Waals surface area (Å²) in [6.45, 7) is 6.03. The fourth-order valence-electron chi connectivity index (χ4n) is 0.921. The van der Waals surface area contributed by atoms with Crippen molar-refractivity contribution in [2.45, 2.75) is 13.3 Å². The Morgan fingerprint density at radius 3 is 2.27 bits per heavy atom. The first kappa shape index (κ1) is 8.78. The summed E-state index contributed by atoms with van der Waals surface area (Å²) in [5.74, 6) is 0. The largest absolute Gasteiger partial charge is 0.0850 e. The molecule has 1 heteroatoms. The molecule has 1 rings (SSSR count). The molecule has 0 spiro atoms. The third-order valence-electron chi connectivity index (χ3n) is 1.68. The van der Waals surface area contributed by atoms with Crippen molar-refractivity contribution in [1.29, 1.82) is 0 Å². The maximum atomic E-state index is 3.87. The Morgan fingerprint density at radius 2 is 1.91 bits per heavy atom. The van der Waals surface area contributed by atoms with E-state index in [4.69, 9.17) is 0 Å². The highest BCUT2D eigenvalue weighted by atomic mass is 127. The second-order valence-electron chi connectivity index (χ2n) is 2.46. The summed E-state index contributed by atoms with van der Waals surface area (Å²) >= 11 is 2.24. The lowest BCUT2D eigenvalue weighted by atomic mass is 10.1. The highest BCUT2D eigenvalue weighted by Gasteiger charge is 1.93. The topological polar surface area (TPSA) is 0 Å². The molecule has 0 unspecified atom stereocenters. The molecule has 0 aliphatic heterocycles. The van der Waals surface area contributed by atoms with E-state index < -0.39 is 0 Å². The van der Waals surface area contributed by atoms with Gasteiger partial charge in [-0.25, -0.2) is 0 Å². The van der Waals surface area contributed by atoms with E-state index in [2.05, 4.69) is 60.4 Å². The standard InChI is InChI=1S/C10H11I/c1-3-9-4-6-10(7-5-9)8(2)11/h4-7H,2-3H2,1H3. The van der Waals surface area contributed by atoms with E-state index in [9.17, 15) is 0 Å². The van der Waals surface area contributed by atoms with Crippen LogP contribution in [0.2, 0.25) is 0 Å². The van der Waals surface area contributed by atoms with E-state index in [0.29, 0.717) is 0 Å². The van der Waals surface area contributed by atoms with E-state index in [0.717, 1.165) is 10.0 Å². The van der Waals surface area contributed by atoms with Crippen molar-refractivity contribution in [3.05, 3.63) is 42.0 Å². The van der Waals surface area contributed by atoms with Gasteiger partial charge in [0.1, 0.15) is 0 Å². The molecule has 0 aliphatic carbocycles. The number of hydrogen-bond donors (Lipinski definition) is 0. The van der Waals surface area contributed by atoms with Crippen LogP contribution in [0, 0.1) is 0 Å². The molecule has 0 saturated carbocycles. The average Bonchev–Trinajstić information content (AvgIpc) is 2.05. The van der Waals surface area contributed by atoms with Gasteiger partial charge in [0.15, 0.2) is 0 Å². The Bertz CT molecular complexity index is 246. The van der Waals surface area contributed by atoms with Crippen molar-refractivity contribution >= 4 is 26.2 Å². The Balaban J connectivity index is 2.91. The number of hydrogen-bond acceptors (Lipinski definition) is 0. The van der Waals surface area contributed by atoms with Crippen molar-refractivity contribution in [1.82, 2.24) is 0 Å². The number of aryl methyl sites for hydroxylation is 1. The van der Waals surface area contributed by atoms with E-state index in [1.165, 1.54) is 11.1 Å². The van der Waals surface area contributed by atoms with Crippen molar-refractivity contribution in [2.75, 3.05) is 0 Å². The molecule has 11 heavy (non-hydrogen) atoms. The first-order valence-electron chi connectivity index (χ1n) is 3.67. The van der Waals surface area contributed by atoms with Crippen molar-refractivity contribution in [3.63, 3.8) is 0 Å². The average molecular weight is 258 g/mol. The van der Waals surface area contributed by atoms with Crippen LogP contribution in [0.3, 0.4) is 0 Å². The summed E-state index contributed by atoms with van der Waals surface area (Å²) in [4.78, 5) is 0. The van der Waals surface area contributed by atoms with E-state index >= 15 is 0 Å². The zero-order valence-electron chi connectivity index (χ0n) is 6.60. The molecule has 0 fully saturated rings. The molecule has 0 nitrogen and oxygen atoms in total. The summed E-state index contributed by atoms with van der Waals surface area (Å²) in [5, 5.41) is 0. The van der Waals surface area contributed by atoms with Crippen LogP contribution in [0.25, 0.3) is 3.58 Å². The zero-order chi connectivity index (χ0) is 8.27. The number of halogens is 1. The Morgan fingerprint density at radius 1 is 1.36 bits per heavy atom. The van der Waals surface area contributed by atoms with Crippen LogP contribution < -0.4 is 0 Å². The molecule has 0 aliphatic rings. The van der Waals surface area contributed by atoms with Gasteiger partial charge in [-0.05, 0) is 40.1 Å². The van der Waals surface area contributed by atoms with Crippen LogP contribution in [-0.4, -0.2) is 0 Å². The van der Waals surface area contributed by atoms with Gasteiger partial charge in [-0.1, -0.05) is 37.8 Å².